The van der Waals surface area contributed by atoms with Crippen molar-refractivity contribution in [2.24, 2.45) is 0 Å². The molecular weight excluding hydrogens is 336 g/mol. The lowest BCUT2D eigenvalue weighted by atomic mass is 10.0. The van der Waals surface area contributed by atoms with Gasteiger partial charge in [0.2, 0.25) is 0 Å². The van der Waals surface area contributed by atoms with Crippen LogP contribution in [0.3, 0.4) is 0 Å². The zero-order valence-electron chi connectivity index (χ0n) is 15.3. The molecule has 134 valence electrons. The molecular formula is C22H20N4O. The Kier molecular flexibility index (Phi) is 4.52. The Morgan fingerprint density at radius 2 is 1.78 bits per heavy atom. The summed E-state index contributed by atoms with van der Waals surface area (Å²) in [6.45, 7) is 3.87. The van der Waals surface area contributed by atoms with Gasteiger partial charge in [-0.15, -0.1) is 0 Å². The smallest absolute Gasteiger partial charge is 0.156 e. The van der Waals surface area contributed by atoms with Gasteiger partial charge in [0.05, 0.1) is 11.2 Å². The molecule has 0 fully saturated rings. The van der Waals surface area contributed by atoms with Crippen molar-refractivity contribution >= 4 is 22.4 Å². The van der Waals surface area contributed by atoms with Gasteiger partial charge in [0, 0.05) is 22.8 Å². The first kappa shape index (κ1) is 17.1. The van der Waals surface area contributed by atoms with E-state index in [2.05, 4.69) is 27.2 Å². The van der Waals surface area contributed by atoms with E-state index in [0.717, 1.165) is 33.4 Å². The van der Waals surface area contributed by atoms with Gasteiger partial charge in [-0.1, -0.05) is 29.8 Å². The first-order chi connectivity index (χ1) is 13.1. The average molecular weight is 356 g/mol. The van der Waals surface area contributed by atoms with E-state index < -0.39 is 0 Å². The van der Waals surface area contributed by atoms with Crippen LogP contribution in [0.5, 0.6) is 0 Å². The summed E-state index contributed by atoms with van der Waals surface area (Å²) >= 11 is 0. The van der Waals surface area contributed by atoms with Crippen molar-refractivity contribution in [1.29, 1.82) is 0 Å². The molecule has 2 aromatic carbocycles. The van der Waals surface area contributed by atoms with Gasteiger partial charge < -0.3 is 10.4 Å². The lowest BCUT2D eigenvalue weighted by Crippen LogP contribution is -2.02. The van der Waals surface area contributed by atoms with Crippen molar-refractivity contribution in [3.63, 3.8) is 0 Å². The molecule has 0 bridgehead atoms. The molecule has 0 amide bonds. The van der Waals surface area contributed by atoms with Crippen LogP contribution >= 0.6 is 0 Å². The van der Waals surface area contributed by atoms with E-state index in [9.17, 15) is 5.11 Å². The maximum absolute atomic E-state index is 9.59. The van der Waals surface area contributed by atoms with Crippen LogP contribution in [0.25, 0.3) is 22.2 Å². The van der Waals surface area contributed by atoms with E-state index in [0.29, 0.717) is 11.6 Å². The zero-order valence-corrected chi connectivity index (χ0v) is 15.3. The molecule has 0 aliphatic rings. The highest BCUT2D eigenvalue weighted by Crippen LogP contribution is 2.29. The monoisotopic (exact) mass is 356 g/mol. The van der Waals surface area contributed by atoms with Crippen molar-refractivity contribution in [3.05, 3.63) is 77.7 Å². The third-order valence-corrected chi connectivity index (χ3v) is 4.48. The van der Waals surface area contributed by atoms with E-state index in [1.807, 2.05) is 61.5 Å². The maximum atomic E-state index is 9.59. The van der Waals surface area contributed by atoms with E-state index in [-0.39, 0.29) is 6.61 Å². The minimum absolute atomic E-state index is 0.217. The topological polar surface area (TPSA) is 70.9 Å². The lowest BCUT2D eigenvalue weighted by Gasteiger charge is -2.12. The van der Waals surface area contributed by atoms with Crippen LogP contribution in [0, 0.1) is 13.8 Å². The molecule has 0 saturated carbocycles. The molecule has 2 N–H and O–H groups in total. The van der Waals surface area contributed by atoms with Crippen molar-refractivity contribution < 1.29 is 5.11 Å². The van der Waals surface area contributed by atoms with Crippen LogP contribution in [0.2, 0.25) is 0 Å². The Labute approximate surface area is 157 Å². The summed E-state index contributed by atoms with van der Waals surface area (Å²) in [7, 11) is 0. The highest BCUT2D eigenvalue weighted by molar-refractivity contribution is 5.93. The Bertz CT molecular complexity index is 1110. The minimum atomic E-state index is -0.217. The molecule has 2 aromatic heterocycles. The molecule has 2 heterocycles. The lowest BCUT2D eigenvalue weighted by molar-refractivity contribution is 0.272. The maximum Gasteiger partial charge on any atom is 0.156 e. The predicted octanol–water partition coefficient (Wildman–Crippen LogP) is 4.54. The van der Waals surface area contributed by atoms with Crippen LogP contribution in [0.15, 0.2) is 60.8 Å². The molecule has 0 unspecified atom stereocenters. The highest BCUT2D eigenvalue weighted by atomic mass is 16.3. The first-order valence-corrected chi connectivity index (χ1v) is 8.81. The molecule has 0 saturated heterocycles. The number of benzene rings is 2. The molecule has 0 aliphatic carbocycles. The molecule has 0 radical (unpaired) electrons. The summed E-state index contributed by atoms with van der Waals surface area (Å²) in [5, 5.41) is 13.8. The summed E-state index contributed by atoms with van der Waals surface area (Å²) in [5.74, 6) is 1.06. The summed E-state index contributed by atoms with van der Waals surface area (Å²) in [6.07, 6.45) is 1.79. The second-order valence-corrected chi connectivity index (χ2v) is 6.54. The number of fused-ring (bicyclic) bond motifs is 1. The Hall–Kier alpha value is -3.31. The van der Waals surface area contributed by atoms with Crippen LogP contribution in [-0.2, 0) is 6.61 Å². The summed E-state index contributed by atoms with van der Waals surface area (Å²) in [5.41, 5.74) is 5.92. The van der Waals surface area contributed by atoms with Crippen LogP contribution in [0.4, 0.5) is 11.5 Å². The van der Waals surface area contributed by atoms with Gasteiger partial charge in [-0.2, -0.15) is 0 Å². The molecule has 4 aromatic rings. The number of aliphatic hydroxyl groups is 1. The molecule has 4 rings (SSSR count). The predicted molar refractivity (Wildman–Crippen MR) is 108 cm³/mol. The standard InChI is InChI=1S/C22H20N4O/c1-14-5-8-17(9-6-14)24-22-18-10-7-16(21-15(2)4-3-11-23-21)12-19(18)25-20(13-27)26-22/h3-12,27H,13H2,1-2H3,(H,24,25,26). The van der Waals surface area contributed by atoms with Gasteiger partial charge in [-0.25, -0.2) is 9.97 Å². The first-order valence-electron chi connectivity index (χ1n) is 8.81. The summed E-state index contributed by atoms with van der Waals surface area (Å²) in [4.78, 5) is 13.5. The third kappa shape index (κ3) is 3.50. The van der Waals surface area contributed by atoms with E-state index in [4.69, 9.17) is 0 Å². The number of nitrogens with zero attached hydrogens (tertiary/aromatic N) is 3. The van der Waals surface area contributed by atoms with Crippen LogP contribution in [-0.4, -0.2) is 20.1 Å². The fourth-order valence-electron chi connectivity index (χ4n) is 3.05. The average Bonchev–Trinajstić information content (AvgIpc) is 2.69. The van der Waals surface area contributed by atoms with Crippen molar-refractivity contribution in [3.8, 4) is 11.3 Å². The van der Waals surface area contributed by atoms with Gasteiger partial charge in [-0.05, 0) is 49.7 Å². The number of nitrogens with one attached hydrogen (secondary N) is 1. The Morgan fingerprint density at radius 1 is 0.963 bits per heavy atom. The highest BCUT2D eigenvalue weighted by Gasteiger charge is 2.11. The number of aromatic nitrogens is 3. The van der Waals surface area contributed by atoms with Crippen LogP contribution < -0.4 is 5.32 Å². The summed E-state index contributed by atoms with van der Waals surface area (Å²) in [6, 6.07) is 18.1. The zero-order chi connectivity index (χ0) is 18.8. The van der Waals surface area contributed by atoms with Crippen molar-refractivity contribution in [2.75, 3.05) is 5.32 Å². The fraction of sp³-hybridized carbons (Fsp3) is 0.136. The SMILES string of the molecule is Cc1ccc(Nc2nc(CO)nc3cc(-c4ncccc4C)ccc23)cc1. The minimum Gasteiger partial charge on any atom is -0.388 e. The van der Waals surface area contributed by atoms with Crippen LogP contribution in [0.1, 0.15) is 17.0 Å². The largest absolute Gasteiger partial charge is 0.388 e. The molecule has 0 spiro atoms. The van der Waals surface area contributed by atoms with Gasteiger partial charge in [0.1, 0.15) is 12.4 Å². The normalized spacial score (nSPS) is 10.9. The molecule has 0 atom stereocenters. The fourth-order valence-corrected chi connectivity index (χ4v) is 3.05. The molecule has 5 heteroatoms. The van der Waals surface area contributed by atoms with E-state index >= 15 is 0 Å². The number of pyridine rings is 1. The van der Waals surface area contributed by atoms with E-state index in [1.165, 1.54) is 5.56 Å². The van der Waals surface area contributed by atoms with Gasteiger partial charge in [0.15, 0.2) is 5.82 Å². The second kappa shape index (κ2) is 7.13. The number of hydrogen-bond donors (Lipinski definition) is 2. The van der Waals surface area contributed by atoms with E-state index in [1.54, 1.807) is 6.20 Å². The van der Waals surface area contributed by atoms with Gasteiger partial charge >= 0.3 is 0 Å². The number of hydrogen-bond acceptors (Lipinski definition) is 5. The Balaban J connectivity index is 1.82. The number of rotatable bonds is 4. The van der Waals surface area contributed by atoms with Gasteiger partial charge in [-0.3, -0.25) is 4.98 Å². The molecule has 0 aliphatic heterocycles. The quantitative estimate of drug-likeness (QED) is 0.561. The number of aryl methyl sites for hydroxylation is 2. The second-order valence-electron chi connectivity index (χ2n) is 6.54. The summed E-state index contributed by atoms with van der Waals surface area (Å²) < 4.78 is 0. The van der Waals surface area contributed by atoms with Gasteiger partial charge in [0.25, 0.3) is 0 Å². The third-order valence-electron chi connectivity index (χ3n) is 4.48. The van der Waals surface area contributed by atoms with Crippen molar-refractivity contribution in [1.82, 2.24) is 15.0 Å². The molecule has 27 heavy (non-hydrogen) atoms. The molecule has 5 nitrogen and oxygen atoms in total. The Morgan fingerprint density at radius 3 is 2.52 bits per heavy atom. The van der Waals surface area contributed by atoms with Crippen molar-refractivity contribution in [2.45, 2.75) is 20.5 Å². The number of aliphatic hydroxyl groups excluding tert-OH is 1. The number of anilines is 2.